The van der Waals surface area contributed by atoms with E-state index in [1.54, 1.807) is 0 Å². The van der Waals surface area contributed by atoms with Gasteiger partial charge in [-0.05, 0) is 12.8 Å². The molecule has 0 spiro atoms. The Kier molecular flexibility index (Phi) is 4.34. The molecule has 0 heterocycles. The summed E-state index contributed by atoms with van der Waals surface area (Å²) in [5, 5.41) is 5.83. The Bertz CT molecular complexity index is 201. The Balaban J connectivity index is 2.07. The van der Waals surface area contributed by atoms with E-state index in [-0.39, 0.29) is 5.91 Å². The molecule has 2 N–H and O–H groups in total. The van der Waals surface area contributed by atoms with Crippen LogP contribution in [0.1, 0.15) is 25.7 Å². The van der Waals surface area contributed by atoms with E-state index in [9.17, 15) is 4.79 Å². The minimum Gasteiger partial charge on any atom is -0.352 e. The lowest BCUT2D eigenvalue weighted by atomic mass is 10.2. The molecule has 0 aromatic carbocycles. The summed E-state index contributed by atoms with van der Waals surface area (Å²) in [6.07, 6.45) is 9.76. The number of carbonyl (C=O) groups is 1. The molecule has 1 aliphatic rings. The first-order chi connectivity index (χ1) is 6.33. The van der Waals surface area contributed by atoms with Gasteiger partial charge in [-0.15, -0.1) is 6.42 Å². The number of amides is 1. The first-order valence-electron chi connectivity index (χ1n) is 4.76. The van der Waals surface area contributed by atoms with E-state index in [1.807, 2.05) is 0 Å². The molecule has 0 unspecified atom stereocenters. The van der Waals surface area contributed by atoms with Crippen molar-refractivity contribution < 1.29 is 4.79 Å². The van der Waals surface area contributed by atoms with E-state index in [1.165, 1.54) is 12.8 Å². The third kappa shape index (κ3) is 3.95. The molecule has 1 aliphatic carbocycles. The van der Waals surface area contributed by atoms with E-state index in [0.29, 0.717) is 19.1 Å². The topological polar surface area (TPSA) is 41.1 Å². The Labute approximate surface area is 79.3 Å². The second-order valence-corrected chi connectivity index (χ2v) is 3.36. The lowest BCUT2D eigenvalue weighted by Crippen LogP contribution is -2.39. The number of rotatable bonds is 4. The van der Waals surface area contributed by atoms with Crippen molar-refractivity contribution >= 4 is 5.91 Å². The van der Waals surface area contributed by atoms with Crippen LogP contribution < -0.4 is 10.6 Å². The van der Waals surface area contributed by atoms with Gasteiger partial charge in [0.25, 0.3) is 0 Å². The van der Waals surface area contributed by atoms with Gasteiger partial charge in [-0.25, -0.2) is 0 Å². The third-order valence-electron chi connectivity index (χ3n) is 2.23. The van der Waals surface area contributed by atoms with Crippen LogP contribution in [0.5, 0.6) is 0 Å². The Morgan fingerprint density at radius 3 is 2.77 bits per heavy atom. The van der Waals surface area contributed by atoms with Crippen LogP contribution >= 0.6 is 0 Å². The predicted octanol–water partition coefficient (Wildman–Crippen LogP) is 0.268. The van der Waals surface area contributed by atoms with Crippen molar-refractivity contribution in [1.29, 1.82) is 0 Å². The Morgan fingerprint density at radius 2 is 2.15 bits per heavy atom. The van der Waals surface area contributed by atoms with Crippen molar-refractivity contribution in [1.82, 2.24) is 10.6 Å². The summed E-state index contributed by atoms with van der Waals surface area (Å²) in [7, 11) is 0. The van der Waals surface area contributed by atoms with E-state index in [0.717, 1.165) is 12.8 Å². The zero-order valence-corrected chi connectivity index (χ0v) is 7.81. The standard InChI is InChI=1S/C10H16N2O/c1-2-7-11-8-10(13)12-9-5-3-4-6-9/h1,9,11H,3-8H2,(H,12,13). The zero-order valence-electron chi connectivity index (χ0n) is 7.81. The van der Waals surface area contributed by atoms with Gasteiger partial charge in [0.05, 0.1) is 13.1 Å². The zero-order chi connectivity index (χ0) is 9.52. The lowest BCUT2D eigenvalue weighted by molar-refractivity contribution is -0.120. The highest BCUT2D eigenvalue weighted by Gasteiger charge is 2.16. The van der Waals surface area contributed by atoms with Crippen molar-refractivity contribution in [3.8, 4) is 12.3 Å². The van der Waals surface area contributed by atoms with Gasteiger partial charge in [-0.2, -0.15) is 0 Å². The number of nitrogens with one attached hydrogen (secondary N) is 2. The molecule has 0 aromatic heterocycles. The van der Waals surface area contributed by atoms with Gasteiger partial charge in [-0.1, -0.05) is 18.8 Å². The van der Waals surface area contributed by atoms with Gasteiger partial charge >= 0.3 is 0 Å². The quantitative estimate of drug-likeness (QED) is 0.481. The monoisotopic (exact) mass is 180 g/mol. The fourth-order valence-electron chi connectivity index (χ4n) is 1.60. The van der Waals surface area contributed by atoms with Crippen LogP contribution in [-0.2, 0) is 4.79 Å². The van der Waals surface area contributed by atoms with Crippen LogP contribution in [0.25, 0.3) is 0 Å². The first kappa shape index (κ1) is 10.1. The number of carbonyl (C=O) groups excluding carboxylic acids is 1. The summed E-state index contributed by atoms with van der Waals surface area (Å²) in [6, 6.07) is 0.403. The van der Waals surface area contributed by atoms with Crippen LogP contribution in [0.4, 0.5) is 0 Å². The highest BCUT2D eigenvalue weighted by molar-refractivity contribution is 5.78. The van der Waals surface area contributed by atoms with Crippen LogP contribution in [0.2, 0.25) is 0 Å². The minimum atomic E-state index is 0.0575. The molecule has 0 aromatic rings. The van der Waals surface area contributed by atoms with Crippen molar-refractivity contribution in [3.63, 3.8) is 0 Å². The van der Waals surface area contributed by atoms with Crippen LogP contribution in [0, 0.1) is 12.3 Å². The number of hydrogen-bond donors (Lipinski definition) is 2. The molecular weight excluding hydrogens is 164 g/mol. The molecule has 0 radical (unpaired) electrons. The van der Waals surface area contributed by atoms with Gasteiger partial charge in [0, 0.05) is 6.04 Å². The molecule has 13 heavy (non-hydrogen) atoms. The van der Waals surface area contributed by atoms with Crippen molar-refractivity contribution in [3.05, 3.63) is 0 Å². The molecule has 0 bridgehead atoms. The predicted molar refractivity (Wildman–Crippen MR) is 52.1 cm³/mol. The molecule has 1 fully saturated rings. The lowest BCUT2D eigenvalue weighted by Gasteiger charge is -2.11. The summed E-state index contributed by atoms with van der Waals surface area (Å²) in [5.74, 6) is 2.48. The molecule has 0 saturated heterocycles. The second kappa shape index (κ2) is 5.60. The average Bonchev–Trinajstić information content (AvgIpc) is 2.57. The van der Waals surface area contributed by atoms with Crippen molar-refractivity contribution in [2.75, 3.05) is 13.1 Å². The second-order valence-electron chi connectivity index (χ2n) is 3.36. The van der Waals surface area contributed by atoms with E-state index in [4.69, 9.17) is 6.42 Å². The van der Waals surface area contributed by atoms with E-state index >= 15 is 0 Å². The maximum absolute atomic E-state index is 11.2. The molecule has 3 nitrogen and oxygen atoms in total. The van der Waals surface area contributed by atoms with E-state index in [2.05, 4.69) is 16.6 Å². The summed E-state index contributed by atoms with van der Waals surface area (Å²) in [5.41, 5.74) is 0. The molecule has 3 heteroatoms. The van der Waals surface area contributed by atoms with Gasteiger partial charge in [-0.3, -0.25) is 10.1 Å². The summed E-state index contributed by atoms with van der Waals surface area (Å²) >= 11 is 0. The smallest absolute Gasteiger partial charge is 0.234 e. The largest absolute Gasteiger partial charge is 0.352 e. The molecule has 1 amide bonds. The van der Waals surface area contributed by atoms with Crippen LogP contribution in [-0.4, -0.2) is 25.0 Å². The molecule has 0 aliphatic heterocycles. The fourth-order valence-corrected chi connectivity index (χ4v) is 1.60. The minimum absolute atomic E-state index is 0.0575. The summed E-state index contributed by atoms with van der Waals surface area (Å²) in [4.78, 5) is 11.2. The van der Waals surface area contributed by atoms with Gasteiger partial charge in [0.15, 0.2) is 0 Å². The van der Waals surface area contributed by atoms with E-state index < -0.39 is 0 Å². The highest BCUT2D eigenvalue weighted by Crippen LogP contribution is 2.17. The molecule has 0 atom stereocenters. The molecular formula is C10H16N2O. The van der Waals surface area contributed by atoms with Crippen molar-refractivity contribution in [2.24, 2.45) is 0 Å². The highest BCUT2D eigenvalue weighted by atomic mass is 16.1. The summed E-state index contributed by atoms with van der Waals surface area (Å²) < 4.78 is 0. The van der Waals surface area contributed by atoms with Gasteiger partial charge in [0.2, 0.25) is 5.91 Å². The normalized spacial score (nSPS) is 16.8. The Hall–Kier alpha value is -1.01. The molecule has 1 rings (SSSR count). The fraction of sp³-hybridized carbons (Fsp3) is 0.700. The average molecular weight is 180 g/mol. The molecule has 1 saturated carbocycles. The van der Waals surface area contributed by atoms with Crippen LogP contribution in [0.3, 0.4) is 0 Å². The Morgan fingerprint density at radius 1 is 1.46 bits per heavy atom. The maximum atomic E-state index is 11.2. The molecule has 72 valence electrons. The SMILES string of the molecule is C#CCNCC(=O)NC1CCCC1. The van der Waals surface area contributed by atoms with Crippen molar-refractivity contribution in [2.45, 2.75) is 31.7 Å². The van der Waals surface area contributed by atoms with Crippen LogP contribution in [0.15, 0.2) is 0 Å². The third-order valence-corrected chi connectivity index (χ3v) is 2.23. The number of terminal acetylenes is 1. The summed E-state index contributed by atoms with van der Waals surface area (Å²) in [6.45, 7) is 0.790. The van der Waals surface area contributed by atoms with Gasteiger partial charge in [0.1, 0.15) is 0 Å². The maximum Gasteiger partial charge on any atom is 0.234 e. The first-order valence-corrected chi connectivity index (χ1v) is 4.76. The number of hydrogen-bond acceptors (Lipinski definition) is 2. The van der Waals surface area contributed by atoms with Gasteiger partial charge < -0.3 is 5.32 Å².